The van der Waals surface area contributed by atoms with Gasteiger partial charge in [-0.25, -0.2) is 5.10 Å². The summed E-state index contributed by atoms with van der Waals surface area (Å²) in [7, 11) is 0. The van der Waals surface area contributed by atoms with Crippen LogP contribution < -0.4 is 16.6 Å². The number of nitrogens with one attached hydrogen (secondary N) is 2. The molecule has 0 bridgehead atoms. The van der Waals surface area contributed by atoms with Crippen molar-refractivity contribution in [2.24, 2.45) is 5.73 Å². The van der Waals surface area contributed by atoms with Gasteiger partial charge in [0, 0.05) is 18.0 Å². The summed E-state index contributed by atoms with van der Waals surface area (Å²) in [6, 6.07) is 2.77. The van der Waals surface area contributed by atoms with Gasteiger partial charge in [0.1, 0.15) is 0 Å². The number of carbonyl (C=O) groups excluding carboxylic acids is 1. The van der Waals surface area contributed by atoms with Gasteiger partial charge in [-0.2, -0.15) is 5.10 Å². The summed E-state index contributed by atoms with van der Waals surface area (Å²) < 4.78 is 0. The van der Waals surface area contributed by atoms with E-state index in [9.17, 15) is 9.59 Å². The largest absolute Gasteiger partial charge is 0.325 e. The monoisotopic (exact) mass is 222 g/mol. The summed E-state index contributed by atoms with van der Waals surface area (Å²) in [4.78, 5) is 22.3. The second kappa shape index (κ2) is 4.05. The van der Waals surface area contributed by atoms with Crippen LogP contribution in [0.25, 0.3) is 0 Å². The number of aromatic amines is 1. The molecular weight excluding hydrogens is 208 g/mol. The van der Waals surface area contributed by atoms with Crippen molar-refractivity contribution in [3.8, 4) is 0 Å². The van der Waals surface area contributed by atoms with Gasteiger partial charge in [-0.1, -0.05) is 0 Å². The summed E-state index contributed by atoms with van der Waals surface area (Å²) in [5, 5.41) is 8.52. The third kappa shape index (κ3) is 2.46. The van der Waals surface area contributed by atoms with Gasteiger partial charge in [0.15, 0.2) is 5.82 Å². The summed E-state index contributed by atoms with van der Waals surface area (Å²) >= 11 is 0. The Labute approximate surface area is 92.2 Å². The van der Waals surface area contributed by atoms with Crippen LogP contribution in [0.5, 0.6) is 0 Å². The van der Waals surface area contributed by atoms with Gasteiger partial charge in [0.05, 0.1) is 0 Å². The molecule has 0 radical (unpaired) electrons. The van der Waals surface area contributed by atoms with Crippen molar-refractivity contribution in [3.05, 3.63) is 22.5 Å². The first-order chi connectivity index (χ1) is 7.57. The molecule has 1 amide bonds. The van der Waals surface area contributed by atoms with E-state index in [0.29, 0.717) is 12.2 Å². The lowest BCUT2D eigenvalue weighted by Gasteiger charge is -2.37. The lowest BCUT2D eigenvalue weighted by Crippen LogP contribution is -2.49. The van der Waals surface area contributed by atoms with Crippen LogP contribution in [0.3, 0.4) is 0 Å². The van der Waals surface area contributed by atoms with Crippen molar-refractivity contribution in [1.29, 1.82) is 0 Å². The molecule has 0 saturated heterocycles. The van der Waals surface area contributed by atoms with Crippen molar-refractivity contribution in [1.82, 2.24) is 10.2 Å². The zero-order valence-corrected chi connectivity index (χ0v) is 8.82. The highest BCUT2D eigenvalue weighted by Gasteiger charge is 2.34. The maximum atomic E-state index is 11.6. The van der Waals surface area contributed by atoms with E-state index in [0.717, 1.165) is 19.3 Å². The predicted molar refractivity (Wildman–Crippen MR) is 58.9 cm³/mol. The molecule has 1 heterocycles. The topological polar surface area (TPSA) is 101 Å². The fourth-order valence-corrected chi connectivity index (χ4v) is 1.73. The highest BCUT2D eigenvalue weighted by atomic mass is 16.2. The molecule has 0 aromatic carbocycles. The number of amides is 1. The Kier molecular flexibility index (Phi) is 2.74. The Morgan fingerprint density at radius 2 is 2.31 bits per heavy atom. The number of hydrogen-bond donors (Lipinski definition) is 3. The normalized spacial score (nSPS) is 17.6. The van der Waals surface area contributed by atoms with Crippen LogP contribution >= 0.6 is 0 Å². The van der Waals surface area contributed by atoms with E-state index in [2.05, 4.69) is 15.5 Å². The fraction of sp³-hybridized carbons (Fsp3) is 0.500. The van der Waals surface area contributed by atoms with Gasteiger partial charge in [-0.15, -0.1) is 0 Å². The minimum Gasteiger partial charge on any atom is -0.325 e. The Hall–Kier alpha value is -1.69. The molecule has 1 saturated carbocycles. The molecule has 0 atom stereocenters. The number of H-pyrrole nitrogens is 1. The first-order valence-electron chi connectivity index (χ1n) is 5.22. The molecule has 0 aliphatic heterocycles. The number of aromatic nitrogens is 2. The molecule has 0 unspecified atom stereocenters. The summed E-state index contributed by atoms with van der Waals surface area (Å²) in [6.45, 7) is 0. The van der Waals surface area contributed by atoms with Crippen LogP contribution in [-0.2, 0) is 4.79 Å². The number of hydrogen-bond acceptors (Lipinski definition) is 4. The van der Waals surface area contributed by atoms with Crippen LogP contribution in [0.4, 0.5) is 5.82 Å². The summed E-state index contributed by atoms with van der Waals surface area (Å²) in [5.74, 6) is 0.175. The molecule has 1 aromatic heterocycles. The molecule has 4 N–H and O–H groups in total. The third-order valence-corrected chi connectivity index (χ3v) is 2.81. The van der Waals surface area contributed by atoms with Crippen molar-refractivity contribution in [2.75, 3.05) is 5.32 Å². The minimum absolute atomic E-state index is 0.165. The molecular formula is C10H14N4O2. The van der Waals surface area contributed by atoms with Gasteiger partial charge in [0.2, 0.25) is 5.91 Å². The van der Waals surface area contributed by atoms with Crippen molar-refractivity contribution < 1.29 is 4.79 Å². The predicted octanol–water partition coefficient (Wildman–Crippen LogP) is -0.0201. The first-order valence-corrected chi connectivity index (χ1v) is 5.22. The molecule has 2 rings (SSSR count). The van der Waals surface area contributed by atoms with Crippen LogP contribution in [0.2, 0.25) is 0 Å². The molecule has 0 spiro atoms. The van der Waals surface area contributed by atoms with Crippen LogP contribution in [0, 0.1) is 0 Å². The minimum atomic E-state index is -0.341. The Morgan fingerprint density at radius 3 is 2.81 bits per heavy atom. The highest BCUT2D eigenvalue weighted by molar-refractivity contribution is 5.90. The molecule has 1 aliphatic carbocycles. The lowest BCUT2D eigenvalue weighted by molar-refractivity contribution is -0.118. The first kappa shape index (κ1) is 10.8. The number of anilines is 1. The van der Waals surface area contributed by atoms with E-state index in [4.69, 9.17) is 5.73 Å². The Balaban J connectivity index is 1.92. The Bertz CT molecular complexity index is 430. The molecule has 1 aliphatic rings. The number of carbonyl (C=O) groups is 1. The van der Waals surface area contributed by atoms with Gasteiger partial charge >= 0.3 is 0 Å². The van der Waals surface area contributed by atoms with Crippen LogP contribution in [-0.4, -0.2) is 21.6 Å². The zero-order valence-electron chi connectivity index (χ0n) is 8.82. The van der Waals surface area contributed by atoms with Crippen molar-refractivity contribution in [3.63, 3.8) is 0 Å². The standard InChI is InChI=1S/C10H14N4O2/c11-10(4-1-5-10)6-9(16)12-7-2-3-8(15)14-13-7/h2-3H,1,4-6,11H2,(H,14,15)(H,12,13,16). The third-order valence-electron chi connectivity index (χ3n) is 2.81. The average molecular weight is 222 g/mol. The zero-order chi connectivity index (χ0) is 11.6. The van der Waals surface area contributed by atoms with E-state index >= 15 is 0 Å². The van der Waals surface area contributed by atoms with E-state index in [1.807, 2.05) is 0 Å². The lowest BCUT2D eigenvalue weighted by atomic mass is 9.75. The van der Waals surface area contributed by atoms with E-state index < -0.39 is 0 Å². The average Bonchev–Trinajstić information content (AvgIpc) is 2.19. The molecule has 6 nitrogen and oxygen atoms in total. The molecule has 16 heavy (non-hydrogen) atoms. The van der Waals surface area contributed by atoms with Gasteiger partial charge < -0.3 is 11.1 Å². The van der Waals surface area contributed by atoms with Crippen LogP contribution in [0.1, 0.15) is 25.7 Å². The van der Waals surface area contributed by atoms with E-state index in [1.54, 1.807) is 0 Å². The highest BCUT2D eigenvalue weighted by Crippen LogP contribution is 2.32. The smallest absolute Gasteiger partial charge is 0.264 e. The Morgan fingerprint density at radius 1 is 1.56 bits per heavy atom. The fourth-order valence-electron chi connectivity index (χ4n) is 1.73. The molecule has 86 valence electrons. The SMILES string of the molecule is NC1(CC(=O)Nc2ccc(=O)[nH]n2)CCC1. The van der Waals surface area contributed by atoms with E-state index in [-0.39, 0.29) is 17.0 Å². The second-order valence-corrected chi connectivity index (χ2v) is 4.25. The van der Waals surface area contributed by atoms with Crippen molar-refractivity contribution >= 4 is 11.7 Å². The van der Waals surface area contributed by atoms with E-state index in [1.165, 1.54) is 12.1 Å². The summed E-state index contributed by atoms with van der Waals surface area (Å²) in [5.41, 5.74) is 5.30. The number of nitrogens with two attached hydrogens (primary N) is 1. The quantitative estimate of drug-likeness (QED) is 0.669. The second-order valence-electron chi connectivity index (χ2n) is 4.25. The number of nitrogens with zero attached hydrogens (tertiary/aromatic N) is 1. The van der Waals surface area contributed by atoms with Gasteiger partial charge in [-0.3, -0.25) is 9.59 Å². The maximum Gasteiger partial charge on any atom is 0.264 e. The molecule has 1 aromatic rings. The number of rotatable bonds is 3. The molecule has 6 heteroatoms. The van der Waals surface area contributed by atoms with Gasteiger partial charge in [0.25, 0.3) is 5.56 Å². The van der Waals surface area contributed by atoms with Crippen LogP contribution in [0.15, 0.2) is 16.9 Å². The van der Waals surface area contributed by atoms with Crippen molar-refractivity contribution in [2.45, 2.75) is 31.2 Å². The van der Waals surface area contributed by atoms with Gasteiger partial charge in [-0.05, 0) is 25.3 Å². The maximum absolute atomic E-state index is 11.6. The summed E-state index contributed by atoms with van der Waals surface area (Å²) in [6.07, 6.45) is 3.16. The molecule has 1 fully saturated rings.